The van der Waals surface area contributed by atoms with Gasteiger partial charge in [0.2, 0.25) is 0 Å². The van der Waals surface area contributed by atoms with Crippen LogP contribution in [0.2, 0.25) is 0 Å². The Labute approximate surface area is 121 Å². The third-order valence-electron chi connectivity index (χ3n) is 3.86. The van der Waals surface area contributed by atoms with Crippen LogP contribution in [0.3, 0.4) is 0 Å². The third kappa shape index (κ3) is 2.37. The molecule has 0 bridgehead atoms. The minimum absolute atomic E-state index is 0.208. The molecule has 20 heavy (non-hydrogen) atoms. The highest BCUT2D eigenvalue weighted by atomic mass is 14.3. The van der Waals surface area contributed by atoms with E-state index in [0.29, 0.717) is 0 Å². The van der Waals surface area contributed by atoms with Gasteiger partial charge in [-0.2, -0.15) is 0 Å². The first kappa shape index (κ1) is 14.1. The number of rotatable bonds is 5. The molecule has 0 nitrogen and oxygen atoms in total. The van der Waals surface area contributed by atoms with Gasteiger partial charge < -0.3 is 0 Å². The highest BCUT2D eigenvalue weighted by Gasteiger charge is 2.30. The zero-order chi connectivity index (χ0) is 14.6. The normalized spacial score (nSPS) is 20.9. The molecule has 0 aliphatic heterocycles. The molecule has 0 saturated carbocycles. The molecule has 1 unspecified atom stereocenters. The van der Waals surface area contributed by atoms with Gasteiger partial charge in [-0.25, -0.2) is 0 Å². The van der Waals surface area contributed by atoms with Crippen molar-refractivity contribution in [1.82, 2.24) is 0 Å². The summed E-state index contributed by atoms with van der Waals surface area (Å²) in [7, 11) is 0. The summed E-state index contributed by atoms with van der Waals surface area (Å²) in [5.41, 5.74) is 4.45. The van der Waals surface area contributed by atoms with Gasteiger partial charge in [0, 0.05) is 5.41 Å². The number of allylic oxidation sites excluding steroid dienone is 6. The average molecular weight is 260 g/mol. The molecule has 1 aromatic carbocycles. The smallest absolute Gasteiger partial charge is 0.0359 e. The van der Waals surface area contributed by atoms with Gasteiger partial charge in [0.15, 0.2) is 0 Å². The number of hydrogen-bond acceptors (Lipinski definition) is 0. The molecular formula is C20H20. The van der Waals surface area contributed by atoms with Gasteiger partial charge >= 0.3 is 0 Å². The molecule has 0 radical (unpaired) electrons. The Morgan fingerprint density at radius 1 is 1.00 bits per heavy atom. The number of benzene rings is 1. The Morgan fingerprint density at radius 3 is 2.40 bits per heavy atom. The van der Waals surface area contributed by atoms with Crippen molar-refractivity contribution >= 4 is 12.2 Å². The second-order valence-electron chi connectivity index (χ2n) is 4.98. The lowest BCUT2D eigenvalue weighted by Gasteiger charge is -2.32. The zero-order valence-corrected chi connectivity index (χ0v) is 11.8. The van der Waals surface area contributed by atoms with Crippen molar-refractivity contribution in [2.24, 2.45) is 0 Å². The van der Waals surface area contributed by atoms with Gasteiger partial charge in [-0.15, -0.1) is 6.58 Å². The highest BCUT2D eigenvalue weighted by Crippen LogP contribution is 2.39. The van der Waals surface area contributed by atoms with E-state index in [2.05, 4.69) is 62.7 Å². The van der Waals surface area contributed by atoms with Crippen molar-refractivity contribution < 1.29 is 0 Å². The van der Waals surface area contributed by atoms with E-state index >= 15 is 0 Å². The molecule has 100 valence electrons. The van der Waals surface area contributed by atoms with Gasteiger partial charge in [0.05, 0.1) is 0 Å². The van der Waals surface area contributed by atoms with E-state index in [0.717, 1.165) is 17.5 Å². The summed E-state index contributed by atoms with van der Waals surface area (Å²) in [6.45, 7) is 15.7. The lowest BCUT2D eigenvalue weighted by Crippen LogP contribution is -2.24. The molecule has 0 spiro atoms. The van der Waals surface area contributed by atoms with E-state index in [9.17, 15) is 0 Å². The summed E-state index contributed by atoms with van der Waals surface area (Å²) in [5.74, 6) is 0. The van der Waals surface area contributed by atoms with Crippen LogP contribution in [-0.4, -0.2) is 0 Å². The first-order valence-electron chi connectivity index (χ1n) is 6.73. The maximum Gasteiger partial charge on any atom is 0.0359 e. The fourth-order valence-electron chi connectivity index (χ4n) is 2.66. The standard InChI is InChI=1S/C20H20/c1-5-16-11-12-18(7-3)19(14-16)20(8-4)13-9-10-17(6-2)15-20/h5-14H,1-4,15H2. The van der Waals surface area contributed by atoms with E-state index in [1.807, 2.05) is 24.3 Å². The van der Waals surface area contributed by atoms with Crippen LogP contribution in [0.5, 0.6) is 0 Å². The number of hydrogen-bond donors (Lipinski definition) is 0. The zero-order valence-electron chi connectivity index (χ0n) is 11.8. The van der Waals surface area contributed by atoms with Gasteiger partial charge in [-0.05, 0) is 34.8 Å². The first-order chi connectivity index (χ1) is 9.69. The van der Waals surface area contributed by atoms with Gasteiger partial charge in [-0.3, -0.25) is 0 Å². The fourth-order valence-corrected chi connectivity index (χ4v) is 2.66. The van der Waals surface area contributed by atoms with Crippen LogP contribution < -0.4 is 0 Å². The van der Waals surface area contributed by atoms with Gasteiger partial charge in [0.25, 0.3) is 0 Å². The van der Waals surface area contributed by atoms with E-state index in [4.69, 9.17) is 0 Å². The maximum absolute atomic E-state index is 4.06. The molecule has 0 N–H and O–H groups in total. The molecule has 0 aromatic heterocycles. The first-order valence-corrected chi connectivity index (χ1v) is 6.73. The predicted molar refractivity (Wildman–Crippen MR) is 90.5 cm³/mol. The summed E-state index contributed by atoms with van der Waals surface area (Å²) in [4.78, 5) is 0. The predicted octanol–water partition coefficient (Wildman–Crippen LogP) is 5.47. The topological polar surface area (TPSA) is 0 Å². The summed E-state index contributed by atoms with van der Waals surface area (Å²) < 4.78 is 0. The Hall–Kier alpha value is -2.34. The minimum atomic E-state index is -0.208. The Kier molecular flexibility index (Phi) is 4.05. The van der Waals surface area contributed by atoms with Crippen LogP contribution in [-0.2, 0) is 5.41 Å². The molecule has 2 rings (SSSR count). The lowest BCUT2D eigenvalue weighted by molar-refractivity contribution is 0.660. The van der Waals surface area contributed by atoms with E-state index in [1.54, 1.807) is 0 Å². The van der Waals surface area contributed by atoms with Crippen molar-refractivity contribution in [3.8, 4) is 0 Å². The lowest BCUT2D eigenvalue weighted by atomic mass is 9.71. The second-order valence-corrected chi connectivity index (χ2v) is 4.98. The van der Waals surface area contributed by atoms with Crippen LogP contribution in [0.25, 0.3) is 12.2 Å². The summed E-state index contributed by atoms with van der Waals surface area (Å²) in [6, 6.07) is 6.31. The molecule has 0 heterocycles. The highest BCUT2D eigenvalue weighted by molar-refractivity contribution is 5.63. The third-order valence-corrected chi connectivity index (χ3v) is 3.86. The van der Waals surface area contributed by atoms with Gasteiger partial charge in [-0.1, -0.05) is 74.4 Å². The van der Waals surface area contributed by atoms with Crippen LogP contribution >= 0.6 is 0 Å². The van der Waals surface area contributed by atoms with E-state index < -0.39 is 0 Å². The molecule has 1 atom stereocenters. The van der Waals surface area contributed by atoms with Gasteiger partial charge in [0.1, 0.15) is 0 Å². The Bertz CT molecular complexity index is 625. The Balaban J connectivity index is 2.63. The van der Waals surface area contributed by atoms with Crippen molar-refractivity contribution in [2.45, 2.75) is 11.8 Å². The molecule has 0 saturated heterocycles. The Morgan fingerprint density at radius 2 is 1.80 bits per heavy atom. The fraction of sp³-hybridized carbons (Fsp3) is 0.100. The molecule has 1 aliphatic carbocycles. The minimum Gasteiger partial charge on any atom is -0.102 e. The van der Waals surface area contributed by atoms with Crippen LogP contribution in [0.1, 0.15) is 23.1 Å². The maximum atomic E-state index is 4.06. The van der Waals surface area contributed by atoms with E-state index in [1.165, 1.54) is 11.1 Å². The summed E-state index contributed by atoms with van der Waals surface area (Å²) >= 11 is 0. The van der Waals surface area contributed by atoms with Crippen molar-refractivity contribution in [2.75, 3.05) is 0 Å². The van der Waals surface area contributed by atoms with Crippen LogP contribution in [0, 0.1) is 0 Å². The molecule has 1 aromatic rings. The van der Waals surface area contributed by atoms with Crippen molar-refractivity contribution in [3.63, 3.8) is 0 Å². The summed E-state index contributed by atoms with van der Waals surface area (Å²) in [5, 5.41) is 0. The SMILES string of the molecule is C=CC1=CC=CC(C=C)(c2cc(C=C)ccc2C=C)C1. The second kappa shape index (κ2) is 5.75. The molecule has 1 aliphatic rings. The molecule has 0 heteroatoms. The molecule has 0 fully saturated rings. The average Bonchev–Trinajstić information content (AvgIpc) is 2.54. The monoisotopic (exact) mass is 260 g/mol. The molecule has 0 amide bonds. The molecular weight excluding hydrogens is 240 g/mol. The van der Waals surface area contributed by atoms with Crippen molar-refractivity contribution in [1.29, 1.82) is 0 Å². The summed E-state index contributed by atoms with van der Waals surface area (Å²) in [6.07, 6.45) is 14.9. The van der Waals surface area contributed by atoms with Crippen molar-refractivity contribution in [3.05, 3.63) is 97.2 Å². The van der Waals surface area contributed by atoms with E-state index in [-0.39, 0.29) is 5.41 Å². The van der Waals surface area contributed by atoms with Crippen LogP contribution in [0.15, 0.2) is 80.5 Å². The van der Waals surface area contributed by atoms with Crippen LogP contribution in [0.4, 0.5) is 0 Å². The largest absolute Gasteiger partial charge is 0.102 e. The quantitative estimate of drug-likeness (QED) is 0.616.